The molecule has 0 radical (unpaired) electrons. The van der Waals surface area contributed by atoms with Crippen LogP contribution in [0, 0.1) is 12.3 Å². The molecule has 5 fully saturated rings. The van der Waals surface area contributed by atoms with E-state index in [1.54, 1.807) is 0 Å². The zero-order chi connectivity index (χ0) is 16.5. The van der Waals surface area contributed by atoms with Crippen molar-refractivity contribution in [2.75, 3.05) is 18.1 Å². The van der Waals surface area contributed by atoms with E-state index in [0.29, 0.717) is 23.6 Å². The summed E-state index contributed by atoms with van der Waals surface area (Å²) < 4.78 is 5.81. The summed E-state index contributed by atoms with van der Waals surface area (Å²) in [5.41, 5.74) is 15.3. The maximum atomic E-state index is 6.73. The van der Waals surface area contributed by atoms with Crippen LogP contribution in [0.3, 0.4) is 0 Å². The maximum absolute atomic E-state index is 6.73. The highest BCUT2D eigenvalue weighted by atomic mass is 16.5. The second-order valence-electron chi connectivity index (χ2n) is 8.82. The number of aromatic nitrogens is 1. The lowest BCUT2D eigenvalue weighted by Gasteiger charge is -2.62. The smallest absolute Gasteiger partial charge is 0.129 e. The van der Waals surface area contributed by atoms with E-state index in [4.69, 9.17) is 21.2 Å². The van der Waals surface area contributed by atoms with Crippen LogP contribution in [0.15, 0.2) is 12.1 Å². The number of rotatable bonds is 2. The number of morpholine rings is 1. The molecule has 1 spiro atoms. The lowest BCUT2D eigenvalue weighted by atomic mass is 9.46. The van der Waals surface area contributed by atoms with Gasteiger partial charge in [-0.05, 0) is 62.5 Å². The van der Waals surface area contributed by atoms with Crippen LogP contribution in [0.5, 0.6) is 0 Å². The number of pyridine rings is 1. The van der Waals surface area contributed by atoms with Crippen molar-refractivity contribution in [3.8, 4) is 0 Å². The standard InChI is InChI=1S/C19H28N4O/c1-12-16(19(21)10-18(11-19)6-13(20)7-18)4-5-17(22-12)23-8-15-3-2-14(23)9-24-15/h4-5,13-15H,2-3,6-11,20-21H2,1H3. The number of hydrogen-bond acceptors (Lipinski definition) is 5. The third-order valence-corrected chi connectivity index (χ3v) is 6.86. The molecule has 3 aliphatic heterocycles. The summed E-state index contributed by atoms with van der Waals surface area (Å²) in [5, 5.41) is 0. The predicted octanol–water partition coefficient (Wildman–Crippen LogP) is 1.81. The molecule has 5 heteroatoms. The third-order valence-electron chi connectivity index (χ3n) is 6.86. The molecule has 4 heterocycles. The molecule has 3 saturated heterocycles. The van der Waals surface area contributed by atoms with Gasteiger partial charge in [0.05, 0.1) is 18.8 Å². The molecular weight excluding hydrogens is 300 g/mol. The normalized spacial score (nSPS) is 43.6. The minimum Gasteiger partial charge on any atom is -0.374 e. The van der Waals surface area contributed by atoms with E-state index in [0.717, 1.165) is 50.3 Å². The molecule has 5 nitrogen and oxygen atoms in total. The SMILES string of the molecule is Cc1nc(N2CC3CCC2CO3)ccc1C1(N)CC2(CC(N)C2)C1. The van der Waals surface area contributed by atoms with Crippen LogP contribution in [-0.2, 0) is 10.3 Å². The fourth-order valence-electron chi connectivity index (χ4n) is 5.88. The van der Waals surface area contributed by atoms with Gasteiger partial charge in [-0.1, -0.05) is 6.07 Å². The Kier molecular flexibility index (Phi) is 3.10. The molecule has 1 aromatic heterocycles. The van der Waals surface area contributed by atoms with Crippen molar-refractivity contribution in [2.24, 2.45) is 16.9 Å². The molecule has 2 bridgehead atoms. The van der Waals surface area contributed by atoms with Gasteiger partial charge in [0, 0.05) is 23.8 Å². The highest BCUT2D eigenvalue weighted by Gasteiger charge is 2.58. The lowest BCUT2D eigenvalue weighted by Crippen LogP contribution is -2.63. The Labute approximate surface area is 143 Å². The van der Waals surface area contributed by atoms with Gasteiger partial charge >= 0.3 is 0 Å². The summed E-state index contributed by atoms with van der Waals surface area (Å²) in [6.45, 7) is 3.94. The van der Waals surface area contributed by atoms with Gasteiger partial charge in [-0.15, -0.1) is 0 Å². The van der Waals surface area contributed by atoms with Gasteiger partial charge in [0.15, 0.2) is 0 Å². The van der Waals surface area contributed by atoms with E-state index < -0.39 is 0 Å². The molecule has 2 saturated carbocycles. The first-order valence-corrected chi connectivity index (χ1v) is 9.37. The molecule has 24 heavy (non-hydrogen) atoms. The number of ether oxygens (including phenoxy) is 1. The van der Waals surface area contributed by atoms with Gasteiger partial charge in [-0.2, -0.15) is 0 Å². The first-order chi connectivity index (χ1) is 11.5. The zero-order valence-corrected chi connectivity index (χ0v) is 14.5. The first kappa shape index (κ1) is 15.1. The number of piperidine rings is 1. The number of fused-ring (bicyclic) bond motifs is 3. The quantitative estimate of drug-likeness (QED) is 0.866. The van der Waals surface area contributed by atoms with E-state index >= 15 is 0 Å². The van der Waals surface area contributed by atoms with Crippen molar-refractivity contribution in [2.45, 2.75) is 69.2 Å². The summed E-state index contributed by atoms with van der Waals surface area (Å²) in [6, 6.07) is 5.29. The molecule has 5 aliphatic rings. The van der Waals surface area contributed by atoms with Gasteiger partial charge in [0.1, 0.15) is 5.82 Å². The minimum absolute atomic E-state index is 0.195. The first-order valence-electron chi connectivity index (χ1n) is 9.37. The summed E-state index contributed by atoms with van der Waals surface area (Å²) in [4.78, 5) is 7.37. The highest BCUT2D eigenvalue weighted by Crippen LogP contribution is 2.62. The lowest BCUT2D eigenvalue weighted by molar-refractivity contribution is -0.0594. The average Bonchev–Trinajstić information content (AvgIpc) is 2.53. The summed E-state index contributed by atoms with van der Waals surface area (Å²) in [7, 11) is 0. The van der Waals surface area contributed by atoms with Crippen molar-refractivity contribution in [1.82, 2.24) is 4.98 Å². The second kappa shape index (κ2) is 4.93. The largest absolute Gasteiger partial charge is 0.374 e. The Morgan fingerprint density at radius 2 is 2.04 bits per heavy atom. The number of nitrogens with zero attached hydrogens (tertiary/aromatic N) is 2. The Hall–Kier alpha value is -1.17. The van der Waals surface area contributed by atoms with Gasteiger partial charge in [0.25, 0.3) is 0 Å². The molecule has 1 aromatic rings. The van der Waals surface area contributed by atoms with Gasteiger partial charge < -0.3 is 21.1 Å². The average molecular weight is 328 g/mol. The number of aryl methyl sites for hydroxylation is 1. The van der Waals surface area contributed by atoms with Crippen molar-refractivity contribution < 1.29 is 4.74 Å². The number of nitrogens with two attached hydrogens (primary N) is 2. The topological polar surface area (TPSA) is 77.4 Å². The van der Waals surface area contributed by atoms with Gasteiger partial charge in [-0.25, -0.2) is 4.98 Å². The third kappa shape index (κ3) is 2.14. The van der Waals surface area contributed by atoms with E-state index in [2.05, 4.69) is 24.0 Å². The Balaban J connectivity index is 1.36. The molecule has 0 aromatic carbocycles. The predicted molar refractivity (Wildman–Crippen MR) is 93.8 cm³/mol. The number of anilines is 1. The molecule has 2 atom stereocenters. The van der Waals surface area contributed by atoms with Crippen LogP contribution in [0.1, 0.15) is 49.8 Å². The van der Waals surface area contributed by atoms with Crippen LogP contribution < -0.4 is 16.4 Å². The number of hydrogen-bond donors (Lipinski definition) is 2. The Morgan fingerprint density at radius 1 is 1.25 bits per heavy atom. The van der Waals surface area contributed by atoms with Crippen LogP contribution in [0.2, 0.25) is 0 Å². The monoisotopic (exact) mass is 328 g/mol. The van der Waals surface area contributed by atoms with Crippen molar-refractivity contribution in [1.29, 1.82) is 0 Å². The zero-order valence-electron chi connectivity index (χ0n) is 14.5. The van der Waals surface area contributed by atoms with Crippen LogP contribution >= 0.6 is 0 Å². The Morgan fingerprint density at radius 3 is 2.58 bits per heavy atom. The van der Waals surface area contributed by atoms with Crippen LogP contribution in [-0.4, -0.2) is 36.3 Å². The van der Waals surface area contributed by atoms with Crippen molar-refractivity contribution in [3.63, 3.8) is 0 Å². The fraction of sp³-hybridized carbons (Fsp3) is 0.737. The van der Waals surface area contributed by atoms with Gasteiger partial charge in [-0.3, -0.25) is 0 Å². The van der Waals surface area contributed by atoms with Crippen molar-refractivity contribution in [3.05, 3.63) is 23.4 Å². The summed E-state index contributed by atoms with van der Waals surface area (Å²) in [6.07, 6.45) is 7.22. The van der Waals surface area contributed by atoms with E-state index in [1.807, 2.05) is 0 Å². The molecule has 6 rings (SSSR count). The fourth-order valence-corrected chi connectivity index (χ4v) is 5.88. The summed E-state index contributed by atoms with van der Waals surface area (Å²) in [5.74, 6) is 1.09. The summed E-state index contributed by atoms with van der Waals surface area (Å²) >= 11 is 0. The minimum atomic E-state index is -0.195. The second-order valence-corrected chi connectivity index (χ2v) is 8.82. The maximum Gasteiger partial charge on any atom is 0.129 e. The van der Waals surface area contributed by atoms with E-state index in [1.165, 1.54) is 18.4 Å². The molecule has 2 aliphatic carbocycles. The van der Waals surface area contributed by atoms with Crippen LogP contribution in [0.4, 0.5) is 5.82 Å². The van der Waals surface area contributed by atoms with Gasteiger partial charge in [0.2, 0.25) is 0 Å². The van der Waals surface area contributed by atoms with E-state index in [-0.39, 0.29) is 5.54 Å². The molecule has 0 amide bonds. The van der Waals surface area contributed by atoms with E-state index in [9.17, 15) is 0 Å². The molecule has 130 valence electrons. The highest BCUT2D eigenvalue weighted by molar-refractivity contribution is 5.46. The van der Waals surface area contributed by atoms with Crippen LogP contribution in [0.25, 0.3) is 0 Å². The molecule has 4 N–H and O–H groups in total. The Bertz CT molecular complexity index is 653. The molecule has 2 unspecified atom stereocenters. The molecular formula is C19H28N4O. The van der Waals surface area contributed by atoms with Crippen molar-refractivity contribution >= 4 is 5.82 Å².